The average Bonchev–Trinajstić information content (AvgIpc) is 1.66. The molecule has 23 heteroatoms. The Labute approximate surface area is 620 Å². The van der Waals surface area contributed by atoms with E-state index in [0.29, 0.717) is 97.7 Å². The normalized spacial score (nSPS) is 38.6. The molecule has 2 aromatic heterocycles. The molecule has 1 unspecified atom stereocenters. The molecule has 5 aliphatic heterocycles. The van der Waals surface area contributed by atoms with Crippen molar-refractivity contribution in [3.63, 3.8) is 0 Å². The van der Waals surface area contributed by atoms with Crippen molar-refractivity contribution in [1.82, 2.24) is 19.9 Å². The molecule has 0 aromatic carbocycles. The maximum absolute atomic E-state index is 11.0. The zero-order chi connectivity index (χ0) is 67.8. The van der Waals surface area contributed by atoms with Crippen LogP contribution in [0.3, 0.4) is 0 Å². The van der Waals surface area contributed by atoms with Crippen LogP contribution < -0.4 is 5.73 Å². The standard InChI is InChI=1S/C10H18O2.2C10H16O2.C10H18O2.C9H16O.C8H12O4.C7H8O2.C6H7N5.CH4.CH3.BH.U.Y/c3*1-3-7-6(2)4-9-8(7)5-10(11)12-9;1-4-9-7(2)5-10(8(9)3)12-6-11;1-4-8-6(2)5-9(10)7(8)3;9-3-5-4-1-8(11)12-7(4)2-6(5)10;8-7-4-5-2-1-3-6(5)9-7;1-3-4-5(9-2-8-4)11-6(7)10-3;;;;;/h6-11H,3-5H2,1-2H3;2*6-9H,3-5H2,1-2H3;6-10H,4-5H2,1-3H3;6,8-10H,3-5H2,1-2H3;4-7,9-10H,1-3H2;1-2,5-6H,3-4H2;2H,1H3,(H3,7,8,9,10,11);1H4;1H3;1H;;/q;;;;;;;;;-1;;;/t6-,7+,8-,9+,10?;2*6-,7+,8-,9+;7-,8-,9+,10+;6-,8+,9+;4-,5-,6-,7+;5-,6-;;;;;;/m0000001....../s1/i;;;;;;;;;;1D;;. The Hall–Kier alpha value is -2.80. The minimum atomic E-state index is -0.502. The molecule has 12 aliphatic rings. The second-order valence-electron chi connectivity index (χ2n) is 28.3. The number of esters is 4. The van der Waals surface area contributed by atoms with E-state index >= 15 is 0 Å². The molecule has 0 spiro atoms. The molecule has 7 aliphatic carbocycles. The van der Waals surface area contributed by atoms with Crippen LogP contribution in [0.15, 0.2) is 30.6 Å². The number of carbonyl (C=O) groups is 5. The SMILES string of the molecule is C.C=C1[C@H](O)C[C@H](C)[C@H]1CC.CC[C@H]1[C@@H]2CC(=O)O[C@@H]2C[C@@H]1C.CC[C@H]1[C@@H]2CC(=O)O[C@@H]2C[C@@H]1C.CC[C@H]1[C@@H]2CC(O)O[C@@H]2C[C@@H]1C.CC[C@H]1[C@H](C)[C@H](OC=O)C[C@@H]1C.Cc1nc(N)nc2nc[nH]c12.O=C1C[C@H]2C=CC[C@H]2O1.O=C1C[C@H]2[C@H](CO)[C@@H](O)C[C@H]2O1.[2H][B].[CH3-].[U].[Y]. The van der Waals surface area contributed by atoms with Gasteiger partial charge < -0.3 is 67.0 Å². The maximum Gasteiger partial charge on any atom is 0.306 e. The van der Waals surface area contributed by atoms with Crippen LogP contribution in [0.1, 0.15) is 198 Å². The molecule has 7 N–H and O–H groups in total. The summed E-state index contributed by atoms with van der Waals surface area (Å²) in [5.41, 5.74) is 8.75. The first kappa shape index (κ1) is 86.4. The van der Waals surface area contributed by atoms with Gasteiger partial charge in [0.2, 0.25) is 5.95 Å². The molecule has 2 aromatic rings. The molecule has 95 heavy (non-hydrogen) atoms. The summed E-state index contributed by atoms with van der Waals surface area (Å²) in [6, 6.07) is 0. The quantitative estimate of drug-likeness (QED) is 0.0357. The summed E-state index contributed by atoms with van der Waals surface area (Å²) in [6.07, 6.45) is 21.5. The maximum atomic E-state index is 11.0. The zero-order valence-electron chi connectivity index (χ0n) is 59.6. The van der Waals surface area contributed by atoms with E-state index in [-0.39, 0.29) is 164 Å². The molecule has 3 radical (unpaired) electrons. The van der Waals surface area contributed by atoms with Crippen LogP contribution in [-0.2, 0) is 85.1 Å². The number of nitrogens with one attached hydrogen (secondary N) is 1. The Morgan fingerprint density at radius 2 is 1.14 bits per heavy atom. The Kier molecular flexibility index (Phi) is 37.5. The minimum Gasteiger partial charge on any atom is -0.464 e. The summed E-state index contributed by atoms with van der Waals surface area (Å²) >= 11 is 0. The van der Waals surface area contributed by atoms with Gasteiger partial charge in [-0.3, -0.25) is 24.0 Å². The van der Waals surface area contributed by atoms with Crippen LogP contribution in [0.4, 0.5) is 5.95 Å². The Balaban J connectivity index is 0.000000370. The third-order valence-electron chi connectivity index (χ3n) is 22.9. The summed E-state index contributed by atoms with van der Waals surface area (Å²) in [6.45, 7) is 30.8. The number of aromatic amines is 1. The number of ether oxygens (including phenoxy) is 6. The van der Waals surface area contributed by atoms with E-state index in [1.165, 1.54) is 25.7 Å². The number of nitrogens with zero attached hydrogens (tertiary/aromatic N) is 3. The van der Waals surface area contributed by atoms with Crippen LogP contribution >= 0.6 is 0 Å². The molecule has 11 fully saturated rings. The molecule has 0 amide bonds. The van der Waals surface area contributed by atoms with Gasteiger partial charge in [-0.1, -0.05) is 128 Å². The van der Waals surface area contributed by atoms with Crippen molar-refractivity contribution < 1.29 is 137 Å². The van der Waals surface area contributed by atoms with Gasteiger partial charge in [-0.05, 0) is 123 Å². The van der Waals surface area contributed by atoms with Crippen molar-refractivity contribution in [3.8, 4) is 0 Å². The van der Waals surface area contributed by atoms with Crippen molar-refractivity contribution in [3.05, 3.63) is 43.8 Å². The van der Waals surface area contributed by atoms with Gasteiger partial charge >= 0.3 is 23.9 Å². The van der Waals surface area contributed by atoms with E-state index in [1.807, 2.05) is 6.92 Å². The van der Waals surface area contributed by atoms with Crippen LogP contribution in [0.25, 0.3) is 11.2 Å². The fourth-order valence-electron chi connectivity index (χ4n) is 18.2. The van der Waals surface area contributed by atoms with E-state index in [2.05, 4.69) is 123 Å². The summed E-state index contributed by atoms with van der Waals surface area (Å²) in [7, 11) is 3.75. The number of rotatable bonds is 8. The number of hydrogen-bond donors (Lipinski definition) is 6. The van der Waals surface area contributed by atoms with Gasteiger partial charge in [0.1, 0.15) is 36.0 Å². The van der Waals surface area contributed by atoms with E-state index in [0.717, 1.165) is 110 Å². The van der Waals surface area contributed by atoms with Gasteiger partial charge in [-0.25, -0.2) is 9.97 Å². The van der Waals surface area contributed by atoms with Gasteiger partial charge in [0, 0.05) is 128 Å². The van der Waals surface area contributed by atoms with E-state index in [9.17, 15) is 39.3 Å². The Morgan fingerprint density at radius 1 is 0.663 bits per heavy atom. The third kappa shape index (κ3) is 22.3. The third-order valence-corrected chi connectivity index (χ3v) is 22.9. The molecule has 0 bridgehead atoms. The second-order valence-corrected chi connectivity index (χ2v) is 28.3. The molecule has 14 rings (SSSR count). The molecule has 533 valence electrons. The minimum absolute atomic E-state index is 0. The number of hydrogen-bond acceptors (Lipinski definition) is 19. The average molecular weight is 1630 g/mol. The Morgan fingerprint density at radius 3 is 1.59 bits per heavy atom. The van der Waals surface area contributed by atoms with E-state index < -0.39 is 12.4 Å². The number of aliphatic hydroxyl groups excluding tert-OH is 4. The van der Waals surface area contributed by atoms with Crippen LogP contribution in [0.5, 0.6) is 0 Å². The van der Waals surface area contributed by atoms with Gasteiger partial charge in [0.15, 0.2) is 11.9 Å². The van der Waals surface area contributed by atoms with Crippen LogP contribution in [0.2, 0.25) is 0 Å². The largest absolute Gasteiger partial charge is 0.464 e. The molecular weight excluding hydrogens is 1510 g/mol. The number of aromatic nitrogens is 4. The van der Waals surface area contributed by atoms with E-state index in [1.54, 1.807) is 6.33 Å². The fraction of sp³-hybridized carbons (Fsp3) is 0.792. The number of nitrogens with two attached hydrogens (primary N) is 1. The van der Waals surface area contributed by atoms with E-state index in [4.69, 9.17) is 40.6 Å². The number of aliphatic hydroxyl groups is 4. The molecule has 7 heterocycles. The van der Waals surface area contributed by atoms with Crippen molar-refractivity contribution in [2.24, 2.45) is 101 Å². The second kappa shape index (κ2) is 41.2. The van der Waals surface area contributed by atoms with Gasteiger partial charge in [0.05, 0.1) is 56.0 Å². The molecule has 6 saturated carbocycles. The first-order valence-electron chi connectivity index (χ1n) is 34.9. The molecular formula is C72H119BN5O15UY-. The van der Waals surface area contributed by atoms with Gasteiger partial charge in [-0.15, -0.1) is 0 Å². The van der Waals surface area contributed by atoms with Crippen molar-refractivity contribution in [1.29, 1.82) is 1.34 Å². The number of aryl methyl sites for hydroxylation is 1. The summed E-state index contributed by atoms with van der Waals surface area (Å²) in [5.74, 6) is 9.76. The van der Waals surface area contributed by atoms with Crippen LogP contribution in [0, 0.1) is 146 Å². The first-order chi connectivity index (χ1) is 43.9. The predicted octanol–water partition coefficient (Wildman–Crippen LogP) is 10.8. The smallest absolute Gasteiger partial charge is 0.306 e. The number of H-pyrrole nitrogens is 1. The number of carbonyl (C=O) groups excluding carboxylic acids is 5. The van der Waals surface area contributed by atoms with Crippen LogP contribution in [-0.4, -0.2) is 142 Å². The number of fused-ring (bicyclic) bond motifs is 6. The summed E-state index contributed by atoms with van der Waals surface area (Å²) in [5, 5.41) is 37.1. The molecule has 5 saturated heterocycles. The van der Waals surface area contributed by atoms with Crippen molar-refractivity contribution >= 4 is 55.8 Å². The number of nitrogen functional groups attached to an aromatic ring is 1. The summed E-state index contributed by atoms with van der Waals surface area (Å²) < 4.78 is 36.2. The Bertz CT molecular complexity index is 2630. The number of anilines is 1. The molecule has 26 atom stereocenters. The summed E-state index contributed by atoms with van der Waals surface area (Å²) in [4.78, 5) is 68.4. The van der Waals surface area contributed by atoms with Gasteiger partial charge in [-0.2, -0.15) is 4.98 Å². The van der Waals surface area contributed by atoms with Crippen molar-refractivity contribution in [2.45, 2.75) is 255 Å². The number of imidazole rings is 1. The topological polar surface area (TPSA) is 302 Å². The fourth-order valence-corrected chi connectivity index (χ4v) is 18.2. The zero-order valence-corrected chi connectivity index (χ0v) is 65.6. The van der Waals surface area contributed by atoms with Crippen molar-refractivity contribution in [2.75, 3.05) is 12.3 Å². The predicted molar refractivity (Wildman–Crippen MR) is 360 cm³/mol. The monoisotopic (exact) mass is 1630 g/mol. The van der Waals surface area contributed by atoms with Gasteiger partial charge in [0.25, 0.3) is 6.47 Å². The first-order valence-corrected chi connectivity index (χ1v) is 34.3. The molecule has 20 nitrogen and oxygen atoms in total.